The number of amides is 1. The van der Waals surface area contributed by atoms with Crippen LogP contribution in [0.15, 0.2) is 0 Å². The fourth-order valence-electron chi connectivity index (χ4n) is 2.19. The van der Waals surface area contributed by atoms with E-state index < -0.39 is 11.7 Å². The predicted molar refractivity (Wildman–Crippen MR) is 80.5 cm³/mol. The van der Waals surface area contributed by atoms with Crippen molar-refractivity contribution in [2.45, 2.75) is 39.2 Å². The van der Waals surface area contributed by atoms with Crippen LogP contribution in [0.2, 0.25) is 0 Å². The summed E-state index contributed by atoms with van der Waals surface area (Å²) < 4.78 is 12.3. The molecule has 1 aromatic heterocycles. The van der Waals surface area contributed by atoms with Crippen LogP contribution in [0.1, 0.15) is 37.9 Å². The Kier molecular flexibility index (Phi) is 5.60. The number of hydrogen-bond donors (Lipinski definition) is 2. The second-order valence-corrected chi connectivity index (χ2v) is 5.95. The lowest BCUT2D eigenvalue weighted by Gasteiger charge is -2.21. The quantitative estimate of drug-likeness (QED) is 0.855. The van der Waals surface area contributed by atoms with Gasteiger partial charge in [-0.05, 0) is 27.7 Å². The Morgan fingerprint density at radius 2 is 2.10 bits per heavy atom. The van der Waals surface area contributed by atoms with Gasteiger partial charge in [0.2, 0.25) is 5.88 Å². The molecule has 0 radical (unpaired) electrons. The fourth-order valence-corrected chi connectivity index (χ4v) is 2.19. The lowest BCUT2D eigenvalue weighted by Crippen LogP contribution is -2.36. The number of methoxy groups -OCH3 is 1. The SMILES string of the molecule is COc1c(C(CN)CNC(=O)OC(C)(C)C)c(C)nn1C. The zero-order valence-electron chi connectivity index (χ0n) is 13.7. The molecule has 7 heteroatoms. The van der Waals surface area contributed by atoms with Gasteiger partial charge >= 0.3 is 6.09 Å². The van der Waals surface area contributed by atoms with Crippen molar-refractivity contribution in [3.05, 3.63) is 11.3 Å². The van der Waals surface area contributed by atoms with Crippen LogP contribution < -0.4 is 15.8 Å². The van der Waals surface area contributed by atoms with Crippen molar-refractivity contribution in [3.63, 3.8) is 0 Å². The third-order valence-electron chi connectivity index (χ3n) is 2.99. The van der Waals surface area contributed by atoms with Gasteiger partial charge in [-0.3, -0.25) is 0 Å². The zero-order valence-corrected chi connectivity index (χ0v) is 13.7. The molecule has 3 N–H and O–H groups in total. The zero-order chi connectivity index (χ0) is 16.2. The largest absolute Gasteiger partial charge is 0.481 e. The van der Waals surface area contributed by atoms with Crippen LogP contribution in [0.25, 0.3) is 0 Å². The lowest BCUT2D eigenvalue weighted by molar-refractivity contribution is 0.0524. The van der Waals surface area contributed by atoms with Crippen molar-refractivity contribution in [1.82, 2.24) is 15.1 Å². The van der Waals surface area contributed by atoms with Crippen LogP contribution in [0.4, 0.5) is 4.79 Å². The molecule has 1 heterocycles. The average molecular weight is 298 g/mol. The summed E-state index contributed by atoms with van der Waals surface area (Å²) in [5, 5.41) is 7.07. The van der Waals surface area contributed by atoms with Crippen molar-refractivity contribution < 1.29 is 14.3 Å². The summed E-state index contributed by atoms with van der Waals surface area (Å²) in [4.78, 5) is 11.7. The number of nitrogens with one attached hydrogen (secondary N) is 1. The van der Waals surface area contributed by atoms with E-state index >= 15 is 0 Å². The predicted octanol–water partition coefficient (Wildman–Crippen LogP) is 1.30. The van der Waals surface area contributed by atoms with Gasteiger partial charge in [0.25, 0.3) is 0 Å². The molecule has 0 saturated heterocycles. The third-order valence-corrected chi connectivity index (χ3v) is 2.99. The minimum atomic E-state index is -0.524. The molecule has 1 rings (SSSR count). The summed E-state index contributed by atoms with van der Waals surface area (Å²) in [6, 6.07) is 0. The molecule has 0 bridgehead atoms. The number of rotatable bonds is 5. The Morgan fingerprint density at radius 3 is 2.57 bits per heavy atom. The molecule has 21 heavy (non-hydrogen) atoms. The van der Waals surface area contributed by atoms with Gasteiger partial charge in [0.15, 0.2) is 0 Å². The first kappa shape index (κ1) is 17.3. The Balaban J connectivity index is 2.79. The number of carbonyl (C=O) groups is 1. The molecule has 0 fully saturated rings. The molecule has 1 amide bonds. The highest BCUT2D eigenvalue weighted by Crippen LogP contribution is 2.28. The number of alkyl carbamates (subject to hydrolysis) is 1. The molecule has 120 valence electrons. The Bertz CT molecular complexity index is 491. The summed E-state index contributed by atoms with van der Waals surface area (Å²) in [6.07, 6.45) is -0.457. The normalized spacial score (nSPS) is 12.9. The van der Waals surface area contributed by atoms with Crippen LogP contribution in [-0.4, -0.2) is 41.7 Å². The monoisotopic (exact) mass is 298 g/mol. The second kappa shape index (κ2) is 6.80. The van der Waals surface area contributed by atoms with Gasteiger partial charge in [-0.25, -0.2) is 9.48 Å². The maximum Gasteiger partial charge on any atom is 0.407 e. The van der Waals surface area contributed by atoms with Crippen LogP contribution in [0.5, 0.6) is 5.88 Å². The Morgan fingerprint density at radius 1 is 1.48 bits per heavy atom. The van der Waals surface area contributed by atoms with Gasteiger partial charge < -0.3 is 20.5 Å². The van der Waals surface area contributed by atoms with Crippen molar-refractivity contribution in [2.24, 2.45) is 12.8 Å². The number of nitrogens with two attached hydrogens (primary N) is 1. The molecule has 0 aliphatic heterocycles. The summed E-state index contributed by atoms with van der Waals surface area (Å²) >= 11 is 0. The standard InChI is InChI=1S/C14H26N4O3/c1-9-11(12(20-6)18(5)17-9)10(7-15)8-16-13(19)21-14(2,3)4/h10H,7-8,15H2,1-6H3,(H,16,19). The number of nitrogens with zero attached hydrogens (tertiary/aromatic N) is 2. The molecule has 1 aromatic rings. The molecular weight excluding hydrogens is 272 g/mol. The van der Waals surface area contributed by atoms with Gasteiger partial charge in [0.05, 0.1) is 12.8 Å². The molecular formula is C14H26N4O3. The summed E-state index contributed by atoms with van der Waals surface area (Å²) in [7, 11) is 3.40. The first-order valence-electron chi connectivity index (χ1n) is 6.94. The molecule has 0 saturated carbocycles. The summed E-state index contributed by atoms with van der Waals surface area (Å²) in [6.45, 7) is 8.10. The van der Waals surface area contributed by atoms with Crippen molar-refractivity contribution >= 4 is 6.09 Å². The van der Waals surface area contributed by atoms with E-state index in [0.717, 1.165) is 11.3 Å². The van der Waals surface area contributed by atoms with Crippen molar-refractivity contribution in [2.75, 3.05) is 20.2 Å². The van der Waals surface area contributed by atoms with Gasteiger partial charge in [0.1, 0.15) is 5.60 Å². The highest BCUT2D eigenvalue weighted by atomic mass is 16.6. The molecule has 0 aliphatic carbocycles. The smallest absolute Gasteiger partial charge is 0.407 e. The minimum Gasteiger partial charge on any atom is -0.481 e. The van der Waals surface area contributed by atoms with Crippen LogP contribution >= 0.6 is 0 Å². The fraction of sp³-hybridized carbons (Fsp3) is 0.714. The second-order valence-electron chi connectivity index (χ2n) is 5.95. The Labute approximate surface area is 125 Å². The van der Waals surface area contributed by atoms with E-state index in [1.165, 1.54) is 0 Å². The first-order valence-corrected chi connectivity index (χ1v) is 6.94. The summed E-state index contributed by atoms with van der Waals surface area (Å²) in [5.41, 5.74) is 7.07. The van der Waals surface area contributed by atoms with Crippen molar-refractivity contribution in [3.8, 4) is 5.88 Å². The lowest BCUT2D eigenvalue weighted by atomic mass is 9.99. The van der Waals surface area contributed by atoms with Crippen LogP contribution in [0, 0.1) is 6.92 Å². The van der Waals surface area contributed by atoms with E-state index in [2.05, 4.69) is 10.4 Å². The Hall–Kier alpha value is -1.76. The van der Waals surface area contributed by atoms with Crippen LogP contribution in [-0.2, 0) is 11.8 Å². The number of carbonyl (C=O) groups excluding carboxylic acids is 1. The summed E-state index contributed by atoms with van der Waals surface area (Å²) in [5.74, 6) is 0.579. The minimum absolute atomic E-state index is 0.0823. The maximum absolute atomic E-state index is 11.7. The molecule has 0 spiro atoms. The molecule has 1 atom stereocenters. The highest BCUT2D eigenvalue weighted by Gasteiger charge is 2.24. The van der Waals surface area contributed by atoms with Gasteiger partial charge in [0, 0.05) is 31.6 Å². The maximum atomic E-state index is 11.7. The van der Waals surface area contributed by atoms with E-state index in [9.17, 15) is 4.79 Å². The number of hydrogen-bond acceptors (Lipinski definition) is 5. The van der Waals surface area contributed by atoms with Gasteiger partial charge in [-0.2, -0.15) is 5.10 Å². The van der Waals surface area contributed by atoms with E-state index in [0.29, 0.717) is 19.0 Å². The van der Waals surface area contributed by atoms with Gasteiger partial charge in [-0.15, -0.1) is 0 Å². The highest BCUT2D eigenvalue weighted by molar-refractivity contribution is 5.67. The van der Waals surface area contributed by atoms with E-state index in [4.69, 9.17) is 15.2 Å². The van der Waals surface area contributed by atoms with Crippen molar-refractivity contribution in [1.29, 1.82) is 0 Å². The molecule has 1 unspecified atom stereocenters. The molecule has 7 nitrogen and oxygen atoms in total. The van der Waals surface area contributed by atoms with E-state index in [-0.39, 0.29) is 5.92 Å². The average Bonchev–Trinajstić information content (AvgIpc) is 2.63. The third kappa shape index (κ3) is 4.63. The molecule has 0 aromatic carbocycles. The van der Waals surface area contributed by atoms with Gasteiger partial charge in [-0.1, -0.05) is 0 Å². The van der Waals surface area contributed by atoms with E-state index in [1.807, 2.05) is 34.7 Å². The topological polar surface area (TPSA) is 91.4 Å². The number of aromatic nitrogens is 2. The molecule has 0 aliphatic rings. The first-order chi connectivity index (χ1) is 9.69. The van der Waals surface area contributed by atoms with E-state index in [1.54, 1.807) is 11.8 Å². The number of ether oxygens (including phenoxy) is 2. The number of aryl methyl sites for hydroxylation is 2. The van der Waals surface area contributed by atoms with Crippen LogP contribution in [0.3, 0.4) is 0 Å².